The SMILES string of the molecule is C[C@H](O)C(=O)N[C@@H](CCC(=O)OCc1ccccc1)C(=O)N[C@@H](CCC(=O)OCc1ccccc1)C(=O)OCc1ccccc1. The maximum atomic E-state index is 13.4. The molecule has 2 amide bonds. The first kappa shape index (κ1) is 34.5. The van der Waals surface area contributed by atoms with E-state index in [1.165, 1.54) is 6.92 Å². The first-order valence-electron chi connectivity index (χ1n) is 14.6. The Labute approximate surface area is 261 Å². The molecule has 0 heterocycles. The largest absolute Gasteiger partial charge is 0.461 e. The Morgan fingerprint density at radius 2 is 0.956 bits per heavy atom. The van der Waals surface area contributed by atoms with Crippen LogP contribution in [0.5, 0.6) is 0 Å². The second kappa shape index (κ2) is 18.6. The lowest BCUT2D eigenvalue weighted by Gasteiger charge is -2.23. The molecule has 0 saturated carbocycles. The number of aliphatic hydroxyl groups excluding tert-OH is 1. The predicted molar refractivity (Wildman–Crippen MR) is 163 cm³/mol. The summed E-state index contributed by atoms with van der Waals surface area (Å²) in [5.74, 6) is -3.65. The molecule has 0 aliphatic rings. The van der Waals surface area contributed by atoms with Gasteiger partial charge >= 0.3 is 17.9 Å². The number of ether oxygens (including phenoxy) is 3. The number of carbonyl (C=O) groups is 5. The number of esters is 3. The van der Waals surface area contributed by atoms with Crippen molar-refractivity contribution in [2.45, 2.75) is 70.6 Å². The van der Waals surface area contributed by atoms with E-state index in [0.29, 0.717) is 5.56 Å². The second-order valence-corrected chi connectivity index (χ2v) is 10.3. The van der Waals surface area contributed by atoms with Crippen molar-refractivity contribution in [3.8, 4) is 0 Å². The van der Waals surface area contributed by atoms with Crippen molar-refractivity contribution in [3.63, 3.8) is 0 Å². The number of aliphatic hydroxyl groups is 1. The highest BCUT2D eigenvalue weighted by Gasteiger charge is 2.29. The van der Waals surface area contributed by atoms with Gasteiger partial charge < -0.3 is 30.0 Å². The van der Waals surface area contributed by atoms with Gasteiger partial charge in [0.2, 0.25) is 11.8 Å². The van der Waals surface area contributed by atoms with Crippen LogP contribution < -0.4 is 10.6 Å². The van der Waals surface area contributed by atoms with Crippen LogP contribution in [0.25, 0.3) is 0 Å². The summed E-state index contributed by atoms with van der Waals surface area (Å²) < 4.78 is 16.0. The van der Waals surface area contributed by atoms with Gasteiger partial charge in [0.25, 0.3) is 0 Å². The van der Waals surface area contributed by atoms with Crippen LogP contribution in [-0.2, 0) is 58.0 Å². The van der Waals surface area contributed by atoms with Gasteiger partial charge in [0, 0.05) is 12.8 Å². The predicted octanol–water partition coefficient (Wildman–Crippen LogP) is 3.13. The number of amides is 2. The number of nitrogens with one attached hydrogen (secondary N) is 2. The molecule has 3 atom stereocenters. The van der Waals surface area contributed by atoms with Crippen molar-refractivity contribution in [2.24, 2.45) is 0 Å². The third-order valence-electron chi connectivity index (χ3n) is 6.60. The van der Waals surface area contributed by atoms with Crippen LogP contribution >= 0.6 is 0 Å². The molecule has 0 aliphatic carbocycles. The minimum Gasteiger partial charge on any atom is -0.461 e. The first-order valence-corrected chi connectivity index (χ1v) is 14.6. The van der Waals surface area contributed by atoms with E-state index in [4.69, 9.17) is 14.2 Å². The molecule has 0 bridgehead atoms. The van der Waals surface area contributed by atoms with E-state index in [1.54, 1.807) is 60.7 Å². The van der Waals surface area contributed by atoms with Crippen LogP contribution in [0, 0.1) is 0 Å². The molecule has 3 rings (SSSR count). The van der Waals surface area contributed by atoms with Crippen LogP contribution in [0.4, 0.5) is 0 Å². The summed E-state index contributed by atoms with van der Waals surface area (Å²) in [6, 6.07) is 24.4. The summed E-state index contributed by atoms with van der Waals surface area (Å²) in [5, 5.41) is 14.6. The number of hydrogen-bond donors (Lipinski definition) is 3. The molecule has 11 nitrogen and oxygen atoms in total. The van der Waals surface area contributed by atoms with Crippen LogP contribution in [-0.4, -0.2) is 53.0 Å². The Morgan fingerprint density at radius 1 is 0.578 bits per heavy atom. The van der Waals surface area contributed by atoms with Crippen molar-refractivity contribution in [1.29, 1.82) is 0 Å². The molecule has 0 aromatic heterocycles. The van der Waals surface area contributed by atoms with Crippen LogP contribution in [0.1, 0.15) is 49.3 Å². The molecular formula is C34H38N2O9. The Morgan fingerprint density at radius 3 is 1.38 bits per heavy atom. The molecule has 0 unspecified atom stereocenters. The zero-order valence-electron chi connectivity index (χ0n) is 25.1. The van der Waals surface area contributed by atoms with E-state index in [-0.39, 0.29) is 45.5 Å². The van der Waals surface area contributed by atoms with Crippen molar-refractivity contribution >= 4 is 29.7 Å². The standard InChI is InChI=1S/C34H38N2O9/c1-24(37)32(40)35-28(17-19-30(38)43-21-25-11-5-2-6-12-25)33(41)36-29(34(42)45-23-27-15-9-4-10-16-27)18-20-31(39)44-22-26-13-7-3-8-14-26/h2-16,24,28-29,37H,17-23H2,1H3,(H,35,40)(H,36,41)/t24-,28-,29-/m0/s1. The number of rotatable bonds is 17. The van der Waals surface area contributed by atoms with E-state index in [0.717, 1.165) is 11.1 Å². The fraction of sp³-hybridized carbons (Fsp3) is 0.324. The molecule has 45 heavy (non-hydrogen) atoms. The second-order valence-electron chi connectivity index (χ2n) is 10.3. The van der Waals surface area contributed by atoms with E-state index in [2.05, 4.69) is 10.6 Å². The van der Waals surface area contributed by atoms with Crippen LogP contribution in [0.2, 0.25) is 0 Å². The fourth-order valence-electron chi connectivity index (χ4n) is 4.06. The molecule has 3 aromatic carbocycles. The fourth-order valence-corrected chi connectivity index (χ4v) is 4.06. The summed E-state index contributed by atoms with van der Waals surface area (Å²) in [6.45, 7) is 1.23. The quantitative estimate of drug-likeness (QED) is 0.153. The molecule has 0 radical (unpaired) electrons. The van der Waals surface area contributed by atoms with Gasteiger partial charge in [-0.15, -0.1) is 0 Å². The minimum absolute atomic E-state index is 0.0340. The van der Waals surface area contributed by atoms with Gasteiger partial charge in [-0.2, -0.15) is 0 Å². The van der Waals surface area contributed by atoms with Gasteiger partial charge in [0.15, 0.2) is 0 Å². The highest BCUT2D eigenvalue weighted by atomic mass is 16.5. The molecule has 3 aromatic rings. The summed E-state index contributed by atoms with van der Waals surface area (Å²) in [4.78, 5) is 63.6. The molecule has 0 fully saturated rings. The summed E-state index contributed by atoms with van der Waals surface area (Å²) in [6.07, 6.45) is -2.21. The summed E-state index contributed by atoms with van der Waals surface area (Å²) in [5.41, 5.74) is 2.29. The zero-order valence-corrected chi connectivity index (χ0v) is 25.1. The lowest BCUT2D eigenvalue weighted by Crippen LogP contribution is -2.53. The molecule has 238 valence electrons. The Balaban J connectivity index is 1.64. The van der Waals surface area contributed by atoms with Gasteiger partial charge in [-0.05, 0) is 36.5 Å². The Bertz CT molecular complexity index is 1380. The molecule has 11 heteroatoms. The number of carbonyl (C=O) groups excluding carboxylic acids is 5. The third kappa shape index (κ3) is 13.0. The van der Waals surface area contributed by atoms with Gasteiger partial charge in [0.1, 0.15) is 38.0 Å². The molecule has 0 saturated heterocycles. The van der Waals surface area contributed by atoms with E-state index >= 15 is 0 Å². The number of hydrogen-bond acceptors (Lipinski definition) is 9. The number of benzene rings is 3. The third-order valence-corrected chi connectivity index (χ3v) is 6.60. The first-order chi connectivity index (χ1) is 21.7. The van der Waals surface area contributed by atoms with Crippen molar-refractivity contribution in [3.05, 3.63) is 108 Å². The lowest BCUT2D eigenvalue weighted by atomic mass is 10.1. The van der Waals surface area contributed by atoms with Crippen LogP contribution in [0.15, 0.2) is 91.0 Å². The maximum absolute atomic E-state index is 13.4. The summed E-state index contributed by atoms with van der Waals surface area (Å²) in [7, 11) is 0. The van der Waals surface area contributed by atoms with Gasteiger partial charge in [0.05, 0.1) is 0 Å². The molecule has 0 spiro atoms. The summed E-state index contributed by atoms with van der Waals surface area (Å²) >= 11 is 0. The van der Waals surface area contributed by atoms with E-state index in [9.17, 15) is 29.1 Å². The Hall–Kier alpha value is -5.03. The van der Waals surface area contributed by atoms with E-state index in [1.807, 2.05) is 30.3 Å². The maximum Gasteiger partial charge on any atom is 0.328 e. The average molecular weight is 619 g/mol. The van der Waals surface area contributed by atoms with Gasteiger partial charge in [-0.25, -0.2) is 4.79 Å². The minimum atomic E-state index is -1.43. The van der Waals surface area contributed by atoms with Crippen molar-refractivity contribution in [2.75, 3.05) is 0 Å². The topological polar surface area (TPSA) is 157 Å². The highest BCUT2D eigenvalue weighted by Crippen LogP contribution is 2.10. The molecule has 0 aliphatic heterocycles. The monoisotopic (exact) mass is 618 g/mol. The Kier molecular flexibility index (Phi) is 14.2. The highest BCUT2D eigenvalue weighted by molar-refractivity contribution is 5.92. The van der Waals surface area contributed by atoms with Gasteiger partial charge in [-0.1, -0.05) is 91.0 Å². The van der Waals surface area contributed by atoms with E-state index < -0.39 is 47.9 Å². The average Bonchev–Trinajstić information content (AvgIpc) is 3.06. The van der Waals surface area contributed by atoms with Crippen LogP contribution in [0.3, 0.4) is 0 Å². The van der Waals surface area contributed by atoms with Crippen molar-refractivity contribution < 1.29 is 43.3 Å². The van der Waals surface area contributed by atoms with Gasteiger partial charge in [-0.3, -0.25) is 19.2 Å². The lowest BCUT2D eigenvalue weighted by molar-refractivity contribution is -0.151. The smallest absolute Gasteiger partial charge is 0.328 e. The molecule has 3 N–H and O–H groups in total. The van der Waals surface area contributed by atoms with Crippen molar-refractivity contribution in [1.82, 2.24) is 10.6 Å². The normalized spacial score (nSPS) is 12.6. The molecular weight excluding hydrogens is 580 g/mol. The zero-order chi connectivity index (χ0) is 32.4.